The van der Waals surface area contributed by atoms with Crippen molar-refractivity contribution in [2.75, 3.05) is 6.61 Å². The van der Waals surface area contributed by atoms with Gasteiger partial charge in [-0.2, -0.15) is 9.78 Å². The first-order valence-electron chi connectivity index (χ1n) is 9.41. The molecule has 0 fully saturated rings. The van der Waals surface area contributed by atoms with E-state index in [0.29, 0.717) is 28.0 Å². The number of nitrogens with zero attached hydrogens (tertiary/aromatic N) is 4. The Hall–Kier alpha value is -3.33. The number of nitro groups is 1. The van der Waals surface area contributed by atoms with Crippen molar-refractivity contribution in [1.29, 1.82) is 0 Å². The number of ether oxygens (including phenoxy) is 1. The van der Waals surface area contributed by atoms with Crippen molar-refractivity contribution in [1.82, 2.24) is 9.66 Å². The minimum absolute atomic E-state index is 0.114. The van der Waals surface area contributed by atoms with Crippen molar-refractivity contribution in [3.8, 4) is 5.75 Å². The smallest absolute Gasteiger partial charge is 0.282 e. The molecule has 0 saturated carbocycles. The molecule has 8 nitrogen and oxygen atoms in total. The molecule has 160 valence electrons. The van der Waals surface area contributed by atoms with Gasteiger partial charge in [-0.25, -0.2) is 4.98 Å². The van der Waals surface area contributed by atoms with Gasteiger partial charge in [-0.3, -0.25) is 14.9 Å². The van der Waals surface area contributed by atoms with E-state index in [2.05, 4.69) is 32.6 Å². The molecule has 3 aromatic rings. The third kappa shape index (κ3) is 4.88. The first kappa shape index (κ1) is 22.4. The van der Waals surface area contributed by atoms with Crippen LogP contribution in [0.4, 0.5) is 5.69 Å². The summed E-state index contributed by atoms with van der Waals surface area (Å²) in [6.45, 7) is 9.61. The summed E-state index contributed by atoms with van der Waals surface area (Å²) in [4.78, 5) is 28.6. The van der Waals surface area contributed by atoms with Crippen LogP contribution in [0.2, 0.25) is 0 Å². The summed E-state index contributed by atoms with van der Waals surface area (Å²) in [5, 5.41) is 16.0. The molecule has 0 radical (unpaired) electrons. The summed E-state index contributed by atoms with van der Waals surface area (Å²) in [5.41, 5.74) is -0.0160. The molecule has 0 spiro atoms. The summed E-state index contributed by atoms with van der Waals surface area (Å²) in [5.74, 6) is 0.846. The minimum Gasteiger partial charge on any atom is -0.489 e. The Morgan fingerprint density at radius 3 is 2.68 bits per heavy atom. The highest BCUT2D eigenvalue weighted by Gasteiger charge is 2.23. The number of hydrogen-bond donors (Lipinski definition) is 0. The van der Waals surface area contributed by atoms with Gasteiger partial charge in [-0.1, -0.05) is 49.4 Å². The molecular formula is C22H21BrN4O4. The van der Waals surface area contributed by atoms with Crippen LogP contribution in [-0.4, -0.2) is 27.4 Å². The number of benzene rings is 2. The number of halogens is 1. The van der Waals surface area contributed by atoms with Gasteiger partial charge in [0.25, 0.3) is 11.2 Å². The molecule has 0 aliphatic carbocycles. The van der Waals surface area contributed by atoms with Crippen LogP contribution in [0.1, 0.15) is 32.2 Å². The van der Waals surface area contributed by atoms with Crippen LogP contribution in [0.25, 0.3) is 10.9 Å². The van der Waals surface area contributed by atoms with E-state index in [1.807, 2.05) is 26.8 Å². The van der Waals surface area contributed by atoms with Crippen molar-refractivity contribution >= 4 is 38.7 Å². The monoisotopic (exact) mass is 484 g/mol. The second-order valence-corrected chi connectivity index (χ2v) is 8.70. The number of rotatable bonds is 6. The van der Waals surface area contributed by atoms with E-state index in [-0.39, 0.29) is 17.9 Å². The molecule has 0 N–H and O–H groups in total. The second-order valence-electron chi connectivity index (χ2n) is 7.79. The van der Waals surface area contributed by atoms with E-state index in [1.54, 1.807) is 18.2 Å². The molecule has 1 aromatic heterocycles. The van der Waals surface area contributed by atoms with E-state index in [1.165, 1.54) is 29.1 Å². The fourth-order valence-electron chi connectivity index (χ4n) is 2.89. The molecule has 2 aromatic carbocycles. The lowest BCUT2D eigenvalue weighted by Gasteiger charge is -2.21. The largest absolute Gasteiger partial charge is 0.489 e. The lowest BCUT2D eigenvalue weighted by atomic mass is 9.95. The maximum absolute atomic E-state index is 13.2. The first-order valence-corrected chi connectivity index (χ1v) is 10.2. The maximum Gasteiger partial charge on any atom is 0.282 e. The molecule has 0 saturated heterocycles. The molecule has 1 heterocycles. The molecule has 0 unspecified atom stereocenters. The molecule has 0 aliphatic rings. The number of aromatic nitrogens is 2. The Labute approximate surface area is 187 Å². The quantitative estimate of drug-likeness (QED) is 0.216. The number of non-ortho nitro benzene ring substituents is 1. The van der Waals surface area contributed by atoms with Gasteiger partial charge in [-0.15, -0.1) is 0 Å². The molecule has 3 rings (SSSR count). The second kappa shape index (κ2) is 8.81. The Balaban J connectivity index is 2.22. The molecule has 0 amide bonds. The van der Waals surface area contributed by atoms with Gasteiger partial charge in [0.05, 0.1) is 22.0 Å². The van der Waals surface area contributed by atoms with Gasteiger partial charge < -0.3 is 4.74 Å². The average molecular weight is 485 g/mol. The van der Waals surface area contributed by atoms with Crippen molar-refractivity contribution in [3.05, 3.63) is 85.4 Å². The highest BCUT2D eigenvalue weighted by Crippen LogP contribution is 2.25. The summed E-state index contributed by atoms with van der Waals surface area (Å²) in [6, 6.07) is 9.46. The average Bonchev–Trinajstić information content (AvgIpc) is 2.71. The summed E-state index contributed by atoms with van der Waals surface area (Å²) < 4.78 is 7.56. The van der Waals surface area contributed by atoms with Crippen LogP contribution in [0.5, 0.6) is 5.75 Å². The van der Waals surface area contributed by atoms with Crippen LogP contribution in [0.15, 0.2) is 63.4 Å². The van der Waals surface area contributed by atoms with Crippen LogP contribution >= 0.6 is 15.9 Å². The molecule has 0 bridgehead atoms. The third-order valence-electron chi connectivity index (χ3n) is 4.35. The predicted octanol–water partition coefficient (Wildman–Crippen LogP) is 4.81. The predicted molar refractivity (Wildman–Crippen MR) is 124 cm³/mol. The van der Waals surface area contributed by atoms with Crippen LogP contribution in [0, 0.1) is 10.1 Å². The number of nitro benzene ring substituents is 1. The van der Waals surface area contributed by atoms with Crippen molar-refractivity contribution in [2.45, 2.75) is 26.2 Å². The fraction of sp³-hybridized carbons (Fsp3) is 0.227. The molecule has 0 atom stereocenters. The molecule has 9 heteroatoms. The lowest BCUT2D eigenvalue weighted by molar-refractivity contribution is -0.384. The zero-order chi connectivity index (χ0) is 22.8. The number of fused-ring (bicyclic) bond motifs is 1. The van der Waals surface area contributed by atoms with Crippen molar-refractivity contribution < 1.29 is 9.66 Å². The zero-order valence-electron chi connectivity index (χ0n) is 17.3. The Morgan fingerprint density at radius 2 is 2.03 bits per heavy atom. The summed E-state index contributed by atoms with van der Waals surface area (Å²) >= 11 is 3.38. The van der Waals surface area contributed by atoms with Crippen LogP contribution in [-0.2, 0) is 5.41 Å². The standard InChI is InChI=1S/C22H21BrN4O4/c1-5-10-31-19-9-7-16(27(29)30)11-14(19)13-24-26-20(28)17-12-15(23)6-8-18(17)25-21(26)22(2,3)4/h5-9,11-13H,1,10H2,2-4H3. The van der Waals surface area contributed by atoms with E-state index >= 15 is 0 Å². The van der Waals surface area contributed by atoms with Gasteiger partial charge in [0.1, 0.15) is 18.2 Å². The Morgan fingerprint density at radius 1 is 1.29 bits per heavy atom. The van der Waals surface area contributed by atoms with Gasteiger partial charge >= 0.3 is 0 Å². The van der Waals surface area contributed by atoms with Crippen LogP contribution < -0.4 is 10.3 Å². The van der Waals surface area contributed by atoms with Gasteiger partial charge in [0.2, 0.25) is 0 Å². The highest BCUT2D eigenvalue weighted by molar-refractivity contribution is 9.10. The summed E-state index contributed by atoms with van der Waals surface area (Å²) in [7, 11) is 0. The topological polar surface area (TPSA) is 99.6 Å². The summed E-state index contributed by atoms with van der Waals surface area (Å²) in [6.07, 6.45) is 2.93. The van der Waals surface area contributed by atoms with E-state index < -0.39 is 10.3 Å². The maximum atomic E-state index is 13.2. The Bertz CT molecular complexity index is 1260. The Kier molecular flexibility index (Phi) is 6.35. The zero-order valence-corrected chi connectivity index (χ0v) is 18.9. The molecular weight excluding hydrogens is 464 g/mol. The fourth-order valence-corrected chi connectivity index (χ4v) is 3.25. The van der Waals surface area contributed by atoms with Crippen molar-refractivity contribution in [3.63, 3.8) is 0 Å². The van der Waals surface area contributed by atoms with Gasteiger partial charge in [0.15, 0.2) is 0 Å². The SMILES string of the molecule is C=CCOc1ccc([N+](=O)[O-])cc1C=Nn1c(C(C)(C)C)nc2ccc(Br)cc2c1=O. The van der Waals surface area contributed by atoms with Gasteiger partial charge in [-0.05, 0) is 24.3 Å². The van der Waals surface area contributed by atoms with Crippen molar-refractivity contribution in [2.24, 2.45) is 5.10 Å². The van der Waals surface area contributed by atoms with Gasteiger partial charge in [0, 0.05) is 27.6 Å². The lowest BCUT2D eigenvalue weighted by Crippen LogP contribution is -2.29. The molecule has 0 aliphatic heterocycles. The van der Waals surface area contributed by atoms with E-state index in [0.717, 1.165) is 4.47 Å². The first-order chi connectivity index (χ1) is 14.6. The van der Waals surface area contributed by atoms with E-state index in [4.69, 9.17) is 4.74 Å². The van der Waals surface area contributed by atoms with Crippen LogP contribution in [0.3, 0.4) is 0 Å². The normalized spacial score (nSPS) is 11.7. The highest BCUT2D eigenvalue weighted by atomic mass is 79.9. The third-order valence-corrected chi connectivity index (χ3v) is 4.85. The molecule has 31 heavy (non-hydrogen) atoms. The minimum atomic E-state index is -0.503. The number of hydrogen-bond acceptors (Lipinski definition) is 6. The van der Waals surface area contributed by atoms with E-state index in [9.17, 15) is 14.9 Å².